The average molecular weight is 493 g/mol. The van der Waals surface area contributed by atoms with Crippen molar-refractivity contribution in [1.82, 2.24) is 16.1 Å². The number of hydrogen-bond donors (Lipinski definition) is 4. The summed E-state index contributed by atoms with van der Waals surface area (Å²) in [6.45, 7) is 5.33. The summed E-state index contributed by atoms with van der Waals surface area (Å²) in [5.41, 5.74) is 0.766. The third kappa shape index (κ3) is 5.55. The molecule has 6 nitrogen and oxygen atoms in total. The molecular formula is C21H22ClF5N4O2. The van der Waals surface area contributed by atoms with Crippen LogP contribution in [0.2, 0.25) is 5.02 Å². The smallest absolute Gasteiger partial charge is 0.378 e. The van der Waals surface area contributed by atoms with Crippen LogP contribution in [0.4, 0.5) is 32.4 Å². The molecule has 3 rings (SSSR count). The highest BCUT2D eigenvalue weighted by Gasteiger charge is 2.37. The van der Waals surface area contributed by atoms with Crippen LogP contribution >= 0.6 is 11.6 Å². The summed E-state index contributed by atoms with van der Waals surface area (Å²) in [5, 5.41) is 16.2. The Balaban J connectivity index is 1.85. The minimum absolute atomic E-state index is 0.0395. The molecular weight excluding hydrogens is 471 g/mol. The molecule has 2 unspecified atom stereocenters. The van der Waals surface area contributed by atoms with Gasteiger partial charge in [-0.3, -0.25) is 5.32 Å². The monoisotopic (exact) mass is 492 g/mol. The summed E-state index contributed by atoms with van der Waals surface area (Å²) in [5.74, 6) is -2.12. The molecule has 0 aromatic heterocycles. The van der Waals surface area contributed by atoms with Crippen LogP contribution in [0, 0.1) is 17.0 Å². The predicted octanol–water partition coefficient (Wildman–Crippen LogP) is 4.82. The number of aliphatic hydroxyl groups excluding tert-OH is 1. The summed E-state index contributed by atoms with van der Waals surface area (Å²) in [6.07, 6.45) is -6.89. The molecule has 2 aromatic carbocycles. The fourth-order valence-electron chi connectivity index (χ4n) is 3.10. The number of hydrazine groups is 1. The predicted molar refractivity (Wildman–Crippen MR) is 112 cm³/mol. The number of halogens is 6. The third-order valence-corrected chi connectivity index (χ3v) is 5.35. The van der Waals surface area contributed by atoms with Crippen LogP contribution < -0.4 is 21.1 Å². The number of carbonyl (C=O) groups excluding carboxylic acids is 1. The first-order chi connectivity index (χ1) is 15.2. The zero-order chi connectivity index (χ0) is 24.7. The Morgan fingerprint density at radius 1 is 1.15 bits per heavy atom. The van der Waals surface area contributed by atoms with Crippen molar-refractivity contribution < 1.29 is 31.9 Å². The lowest BCUT2D eigenvalue weighted by Crippen LogP contribution is -2.39. The molecule has 4 N–H and O–H groups in total. The number of rotatable bonds is 5. The first kappa shape index (κ1) is 25.2. The van der Waals surface area contributed by atoms with Gasteiger partial charge in [-0.1, -0.05) is 32.4 Å². The fraction of sp³-hybridized carbons (Fsp3) is 0.381. The van der Waals surface area contributed by atoms with Gasteiger partial charge in [0.2, 0.25) is 0 Å². The van der Waals surface area contributed by atoms with Crippen LogP contribution in [0.15, 0.2) is 30.3 Å². The van der Waals surface area contributed by atoms with E-state index in [-0.39, 0.29) is 28.4 Å². The molecule has 0 radical (unpaired) electrons. The Morgan fingerprint density at radius 2 is 1.82 bits per heavy atom. The molecule has 0 bridgehead atoms. The number of carbonyl (C=O) groups is 1. The SMILES string of the molecule is CC(C)(C)C(O)NCc1cc(C2NC(=O)N(c3ccc(F)c(C(F)(F)F)c3)N2)c(Cl)cc1F. The Bertz CT molecular complexity index is 1060. The van der Waals surface area contributed by atoms with Crippen molar-refractivity contribution in [3.8, 4) is 0 Å². The average Bonchev–Trinajstić information content (AvgIpc) is 3.07. The molecule has 180 valence electrons. The van der Waals surface area contributed by atoms with Crippen molar-refractivity contribution >= 4 is 23.3 Å². The molecule has 1 fully saturated rings. The summed E-state index contributed by atoms with van der Waals surface area (Å²) >= 11 is 6.15. The van der Waals surface area contributed by atoms with Crippen molar-refractivity contribution in [1.29, 1.82) is 0 Å². The number of urea groups is 1. The number of nitrogens with one attached hydrogen (secondary N) is 3. The summed E-state index contributed by atoms with van der Waals surface area (Å²) in [4.78, 5) is 12.4. The second-order valence-corrected chi connectivity index (χ2v) is 9.03. The third-order valence-electron chi connectivity index (χ3n) is 5.03. The molecule has 12 heteroatoms. The van der Waals surface area contributed by atoms with Crippen molar-refractivity contribution in [3.63, 3.8) is 0 Å². The highest BCUT2D eigenvalue weighted by atomic mass is 35.5. The summed E-state index contributed by atoms with van der Waals surface area (Å²) in [6, 6.07) is 3.70. The number of benzene rings is 2. The zero-order valence-electron chi connectivity index (χ0n) is 17.8. The summed E-state index contributed by atoms with van der Waals surface area (Å²) in [7, 11) is 0. The van der Waals surface area contributed by atoms with E-state index in [1.807, 2.05) is 0 Å². The number of nitrogens with zero attached hydrogens (tertiary/aromatic N) is 1. The lowest BCUT2D eigenvalue weighted by atomic mass is 9.94. The second kappa shape index (κ2) is 9.05. The van der Waals surface area contributed by atoms with Gasteiger partial charge in [0.25, 0.3) is 0 Å². The highest BCUT2D eigenvalue weighted by molar-refractivity contribution is 6.31. The van der Waals surface area contributed by atoms with Gasteiger partial charge in [-0.25, -0.2) is 18.6 Å². The number of anilines is 1. The molecule has 1 aliphatic heterocycles. The van der Waals surface area contributed by atoms with Crippen molar-refractivity contribution in [3.05, 3.63) is 63.7 Å². The van der Waals surface area contributed by atoms with E-state index in [1.165, 1.54) is 6.07 Å². The van der Waals surface area contributed by atoms with E-state index in [9.17, 15) is 31.9 Å². The van der Waals surface area contributed by atoms with Crippen LogP contribution in [0.1, 0.15) is 43.6 Å². The van der Waals surface area contributed by atoms with Gasteiger partial charge in [-0.15, -0.1) is 0 Å². The fourth-order valence-corrected chi connectivity index (χ4v) is 3.36. The van der Waals surface area contributed by atoms with Gasteiger partial charge in [0.1, 0.15) is 24.0 Å². The van der Waals surface area contributed by atoms with E-state index in [1.54, 1.807) is 20.8 Å². The topological polar surface area (TPSA) is 76.6 Å². The van der Waals surface area contributed by atoms with E-state index < -0.39 is 47.2 Å². The maximum Gasteiger partial charge on any atom is 0.419 e. The number of aliphatic hydroxyl groups is 1. The van der Waals surface area contributed by atoms with E-state index >= 15 is 0 Å². The van der Waals surface area contributed by atoms with Gasteiger partial charge in [0.15, 0.2) is 0 Å². The maximum absolute atomic E-state index is 14.4. The van der Waals surface area contributed by atoms with Gasteiger partial charge in [-0.05, 0) is 30.3 Å². The Hall–Kier alpha value is -2.47. The van der Waals surface area contributed by atoms with Gasteiger partial charge >= 0.3 is 12.2 Å². The normalized spacial score (nSPS) is 17.9. The van der Waals surface area contributed by atoms with Gasteiger partial charge in [0, 0.05) is 23.1 Å². The minimum atomic E-state index is -4.95. The Labute approximate surface area is 191 Å². The van der Waals surface area contributed by atoms with Crippen LogP contribution in [0.3, 0.4) is 0 Å². The van der Waals surface area contributed by atoms with Crippen LogP contribution in [-0.2, 0) is 12.7 Å². The lowest BCUT2D eigenvalue weighted by molar-refractivity contribution is -0.139. The summed E-state index contributed by atoms with van der Waals surface area (Å²) < 4.78 is 67.1. The minimum Gasteiger partial charge on any atom is -0.378 e. The molecule has 1 saturated heterocycles. The number of alkyl halides is 3. The largest absolute Gasteiger partial charge is 0.419 e. The first-order valence-electron chi connectivity index (χ1n) is 9.81. The number of amides is 2. The van der Waals surface area contributed by atoms with Crippen molar-refractivity contribution in [2.75, 3.05) is 5.01 Å². The molecule has 2 amide bonds. The lowest BCUT2D eigenvalue weighted by Gasteiger charge is -2.27. The molecule has 0 aliphatic carbocycles. The molecule has 33 heavy (non-hydrogen) atoms. The van der Waals surface area contributed by atoms with Crippen molar-refractivity contribution in [2.24, 2.45) is 5.41 Å². The quantitative estimate of drug-likeness (QED) is 0.356. The van der Waals surface area contributed by atoms with Gasteiger partial charge in [0.05, 0.1) is 16.3 Å². The molecule has 0 spiro atoms. The maximum atomic E-state index is 14.4. The van der Waals surface area contributed by atoms with Crippen molar-refractivity contribution in [2.45, 2.75) is 45.9 Å². The molecule has 2 aromatic rings. The van der Waals surface area contributed by atoms with Crippen LogP contribution in [-0.4, -0.2) is 17.4 Å². The second-order valence-electron chi connectivity index (χ2n) is 8.62. The van der Waals surface area contributed by atoms with E-state index in [0.717, 1.165) is 17.1 Å². The van der Waals surface area contributed by atoms with E-state index in [4.69, 9.17) is 11.6 Å². The first-order valence-corrected chi connectivity index (χ1v) is 10.2. The molecule has 0 saturated carbocycles. The Kier molecular flexibility index (Phi) is 6.90. The van der Waals surface area contributed by atoms with Gasteiger partial charge < -0.3 is 10.4 Å². The highest BCUT2D eigenvalue weighted by Crippen LogP contribution is 2.35. The zero-order valence-corrected chi connectivity index (χ0v) is 18.6. The molecule has 1 heterocycles. The van der Waals surface area contributed by atoms with E-state index in [2.05, 4.69) is 16.1 Å². The standard InChI is InChI=1S/C21H22ClF5N4O2/c1-20(2,3)18(32)28-9-10-6-12(14(22)8-16(10)24)17-29-19(33)31(30-17)11-4-5-15(23)13(7-11)21(25,26)27/h4-8,17-18,28,30,32H,9H2,1-3H3,(H,29,33). The van der Waals surface area contributed by atoms with Gasteiger partial charge in [-0.2, -0.15) is 18.6 Å². The van der Waals surface area contributed by atoms with Crippen LogP contribution in [0.25, 0.3) is 0 Å². The number of hydrogen-bond acceptors (Lipinski definition) is 4. The van der Waals surface area contributed by atoms with E-state index in [0.29, 0.717) is 12.1 Å². The molecule has 1 aliphatic rings. The Morgan fingerprint density at radius 3 is 2.42 bits per heavy atom. The van der Waals surface area contributed by atoms with Crippen LogP contribution in [0.5, 0.6) is 0 Å². The molecule has 2 atom stereocenters.